The summed E-state index contributed by atoms with van der Waals surface area (Å²) in [5.41, 5.74) is 1.17. The number of carbonyl (C=O) groups is 2. The molecule has 3 aliphatic rings. The second-order valence-electron chi connectivity index (χ2n) is 9.33. The van der Waals surface area contributed by atoms with Gasteiger partial charge in [0.25, 0.3) is 5.91 Å². The largest absolute Gasteiger partial charge is 0.497 e. The number of fused-ring (bicyclic) bond motifs is 3. The zero-order chi connectivity index (χ0) is 24.9. The van der Waals surface area contributed by atoms with E-state index in [0.29, 0.717) is 23.6 Å². The van der Waals surface area contributed by atoms with Gasteiger partial charge in [-0.15, -0.1) is 0 Å². The Morgan fingerprint density at radius 3 is 2.57 bits per heavy atom. The average Bonchev–Trinajstić information content (AvgIpc) is 3.25. The maximum absolute atomic E-state index is 14.3. The summed E-state index contributed by atoms with van der Waals surface area (Å²) in [6.07, 6.45) is -0.829. The second-order valence-corrected chi connectivity index (χ2v) is 9.33. The standard InChI is InChI=1S/C25H30FN5O4/c1-15-12-29(19-10-9-17(34-3)11-20(19)35-4)24-27-22-21(30(24)13-15)23(32)31(25(33)28(22)2)14-16-7-5-6-8-18(16)26/h5-11,15,21-22,24,27H,12-14H2,1-4H3. The number of hydrogen-bond donors (Lipinski definition) is 1. The Morgan fingerprint density at radius 1 is 1.09 bits per heavy atom. The molecule has 3 amide bonds. The monoisotopic (exact) mass is 483 g/mol. The van der Waals surface area contributed by atoms with E-state index in [9.17, 15) is 14.0 Å². The van der Waals surface area contributed by atoms with Crippen LogP contribution in [0, 0.1) is 11.7 Å². The van der Waals surface area contributed by atoms with Crippen molar-refractivity contribution in [2.45, 2.75) is 32.0 Å². The third-order valence-corrected chi connectivity index (χ3v) is 7.07. The van der Waals surface area contributed by atoms with E-state index in [0.717, 1.165) is 17.1 Å². The molecule has 186 valence electrons. The molecule has 0 aromatic heterocycles. The molecule has 0 spiro atoms. The van der Waals surface area contributed by atoms with E-state index in [1.165, 1.54) is 6.07 Å². The number of imide groups is 1. The van der Waals surface area contributed by atoms with Gasteiger partial charge in [-0.2, -0.15) is 0 Å². The zero-order valence-corrected chi connectivity index (χ0v) is 20.3. The highest BCUT2D eigenvalue weighted by Crippen LogP contribution is 2.39. The first-order valence-electron chi connectivity index (χ1n) is 11.7. The van der Waals surface area contributed by atoms with Crippen LogP contribution in [0.15, 0.2) is 42.5 Å². The van der Waals surface area contributed by atoms with Crippen LogP contribution in [0.5, 0.6) is 11.5 Å². The fourth-order valence-corrected chi connectivity index (χ4v) is 5.37. The highest BCUT2D eigenvalue weighted by atomic mass is 19.1. The van der Waals surface area contributed by atoms with Gasteiger partial charge >= 0.3 is 6.03 Å². The lowest BCUT2D eigenvalue weighted by molar-refractivity contribution is -0.139. The number of likely N-dealkylation sites (N-methyl/N-ethyl adjacent to an activating group) is 1. The Morgan fingerprint density at radius 2 is 1.86 bits per heavy atom. The quantitative estimate of drug-likeness (QED) is 0.699. The van der Waals surface area contributed by atoms with Crippen molar-refractivity contribution in [3.05, 3.63) is 53.8 Å². The molecule has 0 saturated carbocycles. The van der Waals surface area contributed by atoms with Crippen molar-refractivity contribution in [3.8, 4) is 11.5 Å². The summed E-state index contributed by atoms with van der Waals surface area (Å²) in [5, 5.41) is 3.50. The second kappa shape index (κ2) is 9.01. The number of nitrogens with zero attached hydrogens (tertiary/aromatic N) is 4. The van der Waals surface area contributed by atoms with Crippen molar-refractivity contribution in [3.63, 3.8) is 0 Å². The lowest BCUT2D eigenvalue weighted by Gasteiger charge is -2.46. The van der Waals surface area contributed by atoms with Gasteiger partial charge in [0.2, 0.25) is 0 Å². The Hall–Kier alpha value is -3.37. The molecule has 4 atom stereocenters. The lowest BCUT2D eigenvalue weighted by atomic mass is 10.0. The van der Waals surface area contributed by atoms with Gasteiger partial charge in [0.15, 0.2) is 0 Å². The molecular weight excluding hydrogens is 453 g/mol. The fraction of sp³-hybridized carbons (Fsp3) is 0.440. The summed E-state index contributed by atoms with van der Waals surface area (Å²) in [6.45, 7) is 3.43. The summed E-state index contributed by atoms with van der Waals surface area (Å²) in [5.74, 6) is 0.822. The number of carbonyl (C=O) groups excluding carboxylic acids is 2. The molecule has 1 N–H and O–H groups in total. The number of rotatable bonds is 5. The van der Waals surface area contributed by atoms with E-state index in [4.69, 9.17) is 9.47 Å². The maximum Gasteiger partial charge on any atom is 0.328 e. The van der Waals surface area contributed by atoms with Crippen LogP contribution in [-0.4, -0.2) is 79.5 Å². The first-order chi connectivity index (χ1) is 16.8. The van der Waals surface area contributed by atoms with Crippen molar-refractivity contribution in [2.24, 2.45) is 5.92 Å². The highest BCUT2D eigenvalue weighted by Gasteiger charge is 2.57. The zero-order valence-electron chi connectivity index (χ0n) is 20.3. The van der Waals surface area contributed by atoms with Gasteiger partial charge in [-0.3, -0.25) is 19.9 Å². The van der Waals surface area contributed by atoms with Crippen molar-refractivity contribution in [1.82, 2.24) is 20.0 Å². The number of urea groups is 1. The van der Waals surface area contributed by atoms with E-state index >= 15 is 0 Å². The average molecular weight is 484 g/mol. The number of hydrogen-bond acceptors (Lipinski definition) is 7. The maximum atomic E-state index is 14.3. The number of halogens is 1. The minimum absolute atomic E-state index is 0.109. The molecule has 3 heterocycles. The van der Waals surface area contributed by atoms with E-state index in [2.05, 4.69) is 22.0 Å². The molecule has 9 nitrogen and oxygen atoms in total. The molecule has 0 radical (unpaired) electrons. The van der Waals surface area contributed by atoms with E-state index in [1.807, 2.05) is 18.2 Å². The van der Waals surface area contributed by atoms with Gasteiger partial charge in [0.1, 0.15) is 35.8 Å². The normalized spacial score (nSPS) is 26.6. The van der Waals surface area contributed by atoms with Gasteiger partial charge in [-0.25, -0.2) is 9.18 Å². The summed E-state index contributed by atoms with van der Waals surface area (Å²) >= 11 is 0. The van der Waals surface area contributed by atoms with Crippen LogP contribution in [0.25, 0.3) is 0 Å². The highest BCUT2D eigenvalue weighted by molar-refractivity contribution is 6.00. The third kappa shape index (κ3) is 3.86. The van der Waals surface area contributed by atoms with Crippen molar-refractivity contribution >= 4 is 17.6 Å². The Bertz CT molecular complexity index is 1150. The van der Waals surface area contributed by atoms with Crippen LogP contribution in [0.4, 0.5) is 14.9 Å². The molecule has 0 bridgehead atoms. The topological polar surface area (TPSA) is 77.6 Å². The summed E-state index contributed by atoms with van der Waals surface area (Å²) in [4.78, 5) is 33.9. The van der Waals surface area contributed by atoms with E-state index in [1.54, 1.807) is 44.4 Å². The molecule has 10 heteroatoms. The number of benzene rings is 2. The van der Waals surface area contributed by atoms with Crippen LogP contribution in [0.2, 0.25) is 0 Å². The van der Waals surface area contributed by atoms with E-state index < -0.39 is 24.1 Å². The third-order valence-electron chi connectivity index (χ3n) is 7.07. The van der Waals surface area contributed by atoms with Crippen LogP contribution in [-0.2, 0) is 11.3 Å². The molecule has 3 aliphatic heterocycles. The minimum Gasteiger partial charge on any atom is -0.497 e. The minimum atomic E-state index is -0.594. The Kier molecular flexibility index (Phi) is 6.02. The van der Waals surface area contributed by atoms with Crippen molar-refractivity contribution in [2.75, 3.05) is 39.3 Å². The first kappa shape index (κ1) is 23.4. The molecule has 0 aliphatic carbocycles. The Labute approximate surface area is 204 Å². The molecule has 2 aromatic carbocycles. The summed E-state index contributed by atoms with van der Waals surface area (Å²) < 4.78 is 25.3. The molecule has 3 saturated heterocycles. The van der Waals surface area contributed by atoms with E-state index in [-0.39, 0.29) is 24.7 Å². The van der Waals surface area contributed by atoms with Gasteiger partial charge < -0.3 is 19.3 Å². The smallest absolute Gasteiger partial charge is 0.328 e. The van der Waals surface area contributed by atoms with Crippen LogP contribution < -0.4 is 19.7 Å². The predicted molar refractivity (Wildman–Crippen MR) is 127 cm³/mol. The van der Waals surface area contributed by atoms with Crippen molar-refractivity contribution in [1.29, 1.82) is 0 Å². The first-order valence-corrected chi connectivity index (χ1v) is 11.7. The van der Waals surface area contributed by atoms with Crippen LogP contribution in [0.1, 0.15) is 12.5 Å². The van der Waals surface area contributed by atoms with Gasteiger partial charge in [0.05, 0.1) is 26.5 Å². The number of nitrogens with one attached hydrogen (secondary N) is 1. The van der Waals surface area contributed by atoms with Gasteiger partial charge in [0, 0.05) is 31.8 Å². The van der Waals surface area contributed by atoms with Crippen LogP contribution in [0.3, 0.4) is 0 Å². The number of ether oxygens (including phenoxy) is 2. The predicted octanol–water partition coefficient (Wildman–Crippen LogP) is 2.28. The molecule has 5 rings (SSSR count). The summed E-state index contributed by atoms with van der Waals surface area (Å²) in [7, 11) is 4.89. The number of methoxy groups -OCH3 is 2. The fourth-order valence-electron chi connectivity index (χ4n) is 5.37. The van der Waals surface area contributed by atoms with Crippen LogP contribution >= 0.6 is 0 Å². The van der Waals surface area contributed by atoms with Crippen molar-refractivity contribution < 1.29 is 23.5 Å². The lowest BCUT2D eigenvalue weighted by Crippen LogP contribution is -2.66. The number of anilines is 1. The molecule has 3 fully saturated rings. The SMILES string of the molecule is COc1ccc(N2CC(C)CN3C4C(=O)N(Cc5ccccc5F)C(=O)N(C)C4NC23)c(OC)c1. The van der Waals surface area contributed by atoms with Gasteiger partial charge in [-0.1, -0.05) is 25.1 Å². The molecule has 35 heavy (non-hydrogen) atoms. The Balaban J connectivity index is 1.48. The van der Waals surface area contributed by atoms with Gasteiger partial charge in [-0.05, 0) is 24.1 Å². The molecular formula is C25H30FN5O4. The summed E-state index contributed by atoms with van der Waals surface area (Å²) in [6, 6.07) is 10.8. The molecule has 2 aromatic rings. The molecule has 4 unspecified atom stereocenters. The number of amides is 3.